The van der Waals surface area contributed by atoms with Gasteiger partial charge in [0, 0.05) is 0 Å². The molecule has 9 heavy (non-hydrogen) atoms. The third-order valence-electron chi connectivity index (χ3n) is 0. The van der Waals surface area contributed by atoms with Gasteiger partial charge in [0.2, 0.25) is 0 Å². The Labute approximate surface area is 154 Å². The summed E-state index contributed by atoms with van der Waals surface area (Å²) in [7, 11) is -4.67. The van der Waals surface area contributed by atoms with Crippen molar-refractivity contribution < 1.29 is 17.5 Å². The van der Waals surface area contributed by atoms with E-state index < -0.39 is 10.4 Å². The van der Waals surface area contributed by atoms with E-state index in [1.165, 1.54) is 0 Å². The zero-order valence-electron chi connectivity index (χ0n) is 4.82. The van der Waals surface area contributed by atoms with Gasteiger partial charge in [0.15, 0.2) is 0 Å². The molecule has 0 spiro atoms. The molecule has 0 bridgehead atoms. The van der Waals surface area contributed by atoms with Gasteiger partial charge < -0.3 is 0 Å². The summed E-state index contributed by atoms with van der Waals surface area (Å²) in [6, 6.07) is 0. The van der Waals surface area contributed by atoms with Crippen molar-refractivity contribution in [2.75, 3.05) is 0 Å². The zero-order valence-corrected chi connectivity index (χ0v) is 13.4. The first-order valence-corrected chi connectivity index (χ1v) is 2.10. The van der Waals surface area contributed by atoms with Crippen LogP contribution in [0.4, 0.5) is 0 Å². The molecule has 0 radical (unpaired) electrons. The van der Waals surface area contributed by atoms with Crippen LogP contribution in [0.15, 0.2) is 0 Å². The van der Waals surface area contributed by atoms with Gasteiger partial charge in [0.25, 0.3) is 0 Å². The molecular weight excluding hydrogens is 243 g/mol. The summed E-state index contributed by atoms with van der Waals surface area (Å²) in [6.07, 6.45) is 0. The summed E-state index contributed by atoms with van der Waals surface area (Å²) in [5.41, 5.74) is 0. The third-order valence-corrected chi connectivity index (χ3v) is 0. The summed E-state index contributed by atoms with van der Waals surface area (Å²) in [5.74, 6) is 0. The van der Waals surface area contributed by atoms with Crippen molar-refractivity contribution in [2.24, 2.45) is 0 Å². The smallest absolute Gasteiger partial charge is 0.264 e. The number of hydrogen-bond acceptors (Lipinski definition) is 2. The zero-order chi connectivity index (χ0) is 4.50. The van der Waals surface area contributed by atoms with Crippen LogP contribution >= 0.6 is 0 Å². The Kier molecular flexibility index (Phi) is 47.7. The van der Waals surface area contributed by atoms with Gasteiger partial charge in [-0.05, 0) is 0 Å². The van der Waals surface area contributed by atoms with E-state index in [-0.39, 0.29) is 131 Å². The van der Waals surface area contributed by atoms with Gasteiger partial charge in [0.1, 0.15) is 0 Å². The molecule has 0 aromatic carbocycles. The molecule has 0 saturated heterocycles. The molecule has 2 N–H and O–H groups in total. The molecule has 0 heterocycles. The van der Waals surface area contributed by atoms with E-state index in [2.05, 4.69) is 0 Å². The van der Waals surface area contributed by atoms with E-state index >= 15 is 0 Å². The Morgan fingerprint density at radius 1 is 0.889 bits per heavy atom. The average molecular weight is 245 g/mol. The van der Waals surface area contributed by atoms with Crippen molar-refractivity contribution in [3.8, 4) is 0 Å². The van der Waals surface area contributed by atoms with Gasteiger partial charge in [-0.2, -0.15) is 8.42 Å². The average Bonchev–Trinajstić information content (AvgIpc) is 0.722. The molecule has 32 valence electrons. The first-order valence-electron chi connectivity index (χ1n) is 0.698. The molecular formula is H2AlCa3O4S+9. The van der Waals surface area contributed by atoms with Gasteiger partial charge in [-0.1, -0.05) is 0 Å². The predicted octanol–water partition coefficient (Wildman–Crippen LogP) is -2.18. The van der Waals surface area contributed by atoms with Gasteiger partial charge in [-0.3, -0.25) is 9.11 Å². The van der Waals surface area contributed by atoms with Gasteiger partial charge in [-0.15, -0.1) is 0 Å². The molecule has 0 aromatic rings. The van der Waals surface area contributed by atoms with Crippen LogP contribution in [0.1, 0.15) is 0 Å². The summed E-state index contributed by atoms with van der Waals surface area (Å²) >= 11 is 0. The minimum absolute atomic E-state index is 0. The Morgan fingerprint density at radius 3 is 0.889 bits per heavy atom. The van der Waals surface area contributed by atoms with Crippen LogP contribution in [-0.4, -0.2) is 148 Å². The van der Waals surface area contributed by atoms with Crippen LogP contribution in [0.2, 0.25) is 0 Å². The fourth-order valence-corrected chi connectivity index (χ4v) is 0. The second-order valence-corrected chi connectivity index (χ2v) is 1.34. The molecule has 0 amide bonds. The van der Waals surface area contributed by atoms with Crippen molar-refractivity contribution in [3.63, 3.8) is 0 Å². The molecule has 9 heteroatoms. The van der Waals surface area contributed by atoms with Crippen LogP contribution in [0.25, 0.3) is 0 Å². The van der Waals surface area contributed by atoms with E-state index in [4.69, 9.17) is 17.5 Å². The number of rotatable bonds is 0. The molecule has 0 aliphatic heterocycles. The second kappa shape index (κ2) is 14.7. The van der Waals surface area contributed by atoms with E-state index in [0.29, 0.717) is 0 Å². The standard InChI is InChI=1S/Al.3Ca.H2O4S/c;;;;1-5(2,3)4/h;;;;(H2,1,2,3,4)/q+3;3*+2;. The quantitative estimate of drug-likeness (QED) is 0.376. The van der Waals surface area contributed by atoms with Crippen LogP contribution < -0.4 is 0 Å². The molecule has 0 unspecified atom stereocenters. The second-order valence-electron chi connectivity index (χ2n) is 0.448. The minimum atomic E-state index is -4.67. The van der Waals surface area contributed by atoms with E-state index in [9.17, 15) is 0 Å². The maximum atomic E-state index is 8.74. The Hall–Kier alpha value is 4.18. The molecule has 0 saturated carbocycles. The van der Waals surface area contributed by atoms with Crippen LogP contribution in [0.5, 0.6) is 0 Å². The third kappa shape index (κ3) is 72.2. The van der Waals surface area contributed by atoms with Gasteiger partial charge in [0.05, 0.1) is 0 Å². The van der Waals surface area contributed by atoms with Crippen molar-refractivity contribution in [2.45, 2.75) is 0 Å². The molecule has 0 atom stereocenters. The fourth-order valence-electron chi connectivity index (χ4n) is 0. The first kappa shape index (κ1) is 29.2. The van der Waals surface area contributed by atoms with Crippen LogP contribution in [0, 0.1) is 0 Å². The Balaban J connectivity index is -0.0000000133. The van der Waals surface area contributed by atoms with Crippen LogP contribution in [0.3, 0.4) is 0 Å². The van der Waals surface area contributed by atoms with Gasteiger partial charge in [-0.25, -0.2) is 0 Å². The van der Waals surface area contributed by atoms with Crippen molar-refractivity contribution in [1.29, 1.82) is 0 Å². The van der Waals surface area contributed by atoms with E-state index in [1.807, 2.05) is 0 Å². The summed E-state index contributed by atoms with van der Waals surface area (Å²) in [4.78, 5) is 0. The topological polar surface area (TPSA) is 74.6 Å². The molecule has 0 fully saturated rings. The van der Waals surface area contributed by atoms with E-state index in [1.54, 1.807) is 0 Å². The molecule has 0 rings (SSSR count). The molecule has 4 nitrogen and oxygen atoms in total. The van der Waals surface area contributed by atoms with Gasteiger partial charge >= 0.3 is 141 Å². The largest absolute Gasteiger partial charge is 3.00 e. The Morgan fingerprint density at radius 2 is 0.889 bits per heavy atom. The maximum Gasteiger partial charge on any atom is 3.00 e. The normalized spacial score (nSPS) is 6.44. The summed E-state index contributed by atoms with van der Waals surface area (Å²) in [5, 5.41) is 0. The maximum absolute atomic E-state index is 8.74. The fraction of sp³-hybridized carbons (Fsp3) is 0. The number of hydrogen-bond donors (Lipinski definition) is 2. The summed E-state index contributed by atoms with van der Waals surface area (Å²) in [6.45, 7) is 0. The van der Waals surface area contributed by atoms with Crippen molar-refractivity contribution in [3.05, 3.63) is 0 Å². The monoisotopic (exact) mass is 245 g/mol. The first-order chi connectivity index (χ1) is 2.00. The molecule has 0 aromatic heterocycles. The summed E-state index contributed by atoms with van der Waals surface area (Å²) < 4.78 is 31.6. The Bertz CT molecular complexity index is 99.0. The predicted molar refractivity (Wildman–Crippen MR) is 37.2 cm³/mol. The van der Waals surface area contributed by atoms with Crippen molar-refractivity contribution in [1.82, 2.24) is 0 Å². The van der Waals surface area contributed by atoms with Crippen molar-refractivity contribution >= 4 is 141 Å². The molecule has 0 aliphatic carbocycles. The SMILES string of the molecule is O=S(=O)(O)O.[Al+3].[Ca+2].[Ca+2].[Ca+2]. The van der Waals surface area contributed by atoms with E-state index in [0.717, 1.165) is 0 Å². The molecule has 0 aliphatic rings. The minimum Gasteiger partial charge on any atom is -0.264 e. The van der Waals surface area contributed by atoms with Crippen LogP contribution in [-0.2, 0) is 10.4 Å².